The Bertz CT molecular complexity index is 448. The van der Waals surface area contributed by atoms with Crippen LogP contribution in [0, 0.1) is 11.3 Å². The van der Waals surface area contributed by atoms with Gasteiger partial charge in [0, 0.05) is 12.7 Å². The first-order valence-electron chi connectivity index (χ1n) is 4.19. The summed E-state index contributed by atoms with van der Waals surface area (Å²) in [5.74, 6) is 0. The lowest BCUT2D eigenvalue weighted by atomic mass is 10.1. The standard InChI is InChI=1S/C10H7F3N2O/c1-15(6-16)8-3-2-7(5-14)9(4-8)10(11,12)13/h2-4,6H,1H3. The van der Waals surface area contributed by atoms with Crippen molar-refractivity contribution in [2.24, 2.45) is 0 Å². The third-order valence-corrected chi connectivity index (χ3v) is 1.99. The van der Waals surface area contributed by atoms with E-state index in [1.807, 2.05) is 0 Å². The lowest BCUT2D eigenvalue weighted by molar-refractivity contribution is -0.137. The van der Waals surface area contributed by atoms with Gasteiger partial charge in [0.1, 0.15) is 0 Å². The summed E-state index contributed by atoms with van der Waals surface area (Å²) in [5.41, 5.74) is -1.42. The van der Waals surface area contributed by atoms with Gasteiger partial charge in [-0.1, -0.05) is 0 Å². The normalized spacial score (nSPS) is 10.7. The minimum atomic E-state index is -4.61. The highest BCUT2D eigenvalue weighted by atomic mass is 19.4. The van der Waals surface area contributed by atoms with Crippen LogP contribution < -0.4 is 4.90 Å². The number of alkyl halides is 3. The molecule has 16 heavy (non-hydrogen) atoms. The molecule has 0 saturated carbocycles. The molecule has 1 rings (SSSR count). The molecule has 0 saturated heterocycles. The van der Waals surface area contributed by atoms with E-state index in [0.717, 1.165) is 17.0 Å². The number of nitriles is 1. The highest BCUT2D eigenvalue weighted by molar-refractivity contribution is 5.75. The Morgan fingerprint density at radius 1 is 1.44 bits per heavy atom. The summed E-state index contributed by atoms with van der Waals surface area (Å²) in [5, 5.41) is 8.54. The van der Waals surface area contributed by atoms with Gasteiger partial charge >= 0.3 is 6.18 Å². The number of hydrogen-bond donors (Lipinski definition) is 0. The quantitative estimate of drug-likeness (QED) is 0.728. The lowest BCUT2D eigenvalue weighted by Gasteiger charge is -2.14. The monoisotopic (exact) mass is 228 g/mol. The number of nitrogens with zero attached hydrogens (tertiary/aromatic N) is 2. The zero-order chi connectivity index (χ0) is 12.3. The number of benzene rings is 1. The largest absolute Gasteiger partial charge is 0.417 e. The van der Waals surface area contributed by atoms with Gasteiger partial charge < -0.3 is 4.90 Å². The number of hydrogen-bond acceptors (Lipinski definition) is 2. The Hall–Kier alpha value is -2.03. The molecule has 0 aliphatic carbocycles. The molecule has 0 aromatic heterocycles. The summed E-state index contributed by atoms with van der Waals surface area (Å²) in [6, 6.07) is 4.55. The van der Waals surface area contributed by atoms with E-state index >= 15 is 0 Å². The van der Waals surface area contributed by atoms with E-state index in [-0.39, 0.29) is 5.69 Å². The van der Waals surface area contributed by atoms with E-state index in [1.165, 1.54) is 19.2 Å². The maximum Gasteiger partial charge on any atom is 0.417 e. The first kappa shape index (κ1) is 12.0. The van der Waals surface area contributed by atoms with Gasteiger partial charge in [-0.05, 0) is 18.2 Å². The fraction of sp³-hybridized carbons (Fsp3) is 0.200. The Labute approximate surface area is 89.7 Å². The van der Waals surface area contributed by atoms with Gasteiger partial charge in [0.05, 0.1) is 17.2 Å². The van der Waals surface area contributed by atoms with Crippen molar-refractivity contribution in [3.8, 4) is 6.07 Å². The fourth-order valence-electron chi connectivity index (χ4n) is 1.14. The van der Waals surface area contributed by atoms with Crippen LogP contribution in [-0.2, 0) is 11.0 Å². The maximum absolute atomic E-state index is 12.5. The summed E-state index contributed by atoms with van der Waals surface area (Å²) in [7, 11) is 1.33. The van der Waals surface area contributed by atoms with Crippen molar-refractivity contribution in [3.63, 3.8) is 0 Å². The Kier molecular flexibility index (Phi) is 3.18. The molecule has 3 nitrogen and oxygen atoms in total. The van der Waals surface area contributed by atoms with Crippen LogP contribution in [0.2, 0.25) is 0 Å². The van der Waals surface area contributed by atoms with Crippen molar-refractivity contribution < 1.29 is 18.0 Å². The first-order chi connectivity index (χ1) is 7.40. The SMILES string of the molecule is CN(C=O)c1ccc(C#N)c(C(F)(F)F)c1. The van der Waals surface area contributed by atoms with Gasteiger partial charge in [-0.3, -0.25) is 4.79 Å². The third-order valence-electron chi connectivity index (χ3n) is 1.99. The molecule has 0 spiro atoms. The van der Waals surface area contributed by atoms with Crippen LogP contribution in [0.3, 0.4) is 0 Å². The van der Waals surface area contributed by atoms with Crippen molar-refractivity contribution in [3.05, 3.63) is 29.3 Å². The number of anilines is 1. The summed E-state index contributed by atoms with van der Waals surface area (Å²) < 4.78 is 37.6. The minimum absolute atomic E-state index is 0.0846. The van der Waals surface area contributed by atoms with Crippen molar-refractivity contribution in [2.45, 2.75) is 6.18 Å². The number of rotatable bonds is 2. The summed E-state index contributed by atoms with van der Waals surface area (Å²) in [4.78, 5) is 11.4. The highest BCUT2D eigenvalue weighted by Gasteiger charge is 2.34. The Balaban J connectivity index is 3.34. The zero-order valence-electron chi connectivity index (χ0n) is 8.25. The van der Waals surface area contributed by atoms with Crippen molar-refractivity contribution in [1.29, 1.82) is 5.26 Å². The van der Waals surface area contributed by atoms with Crippen LogP contribution in [0.5, 0.6) is 0 Å². The third kappa shape index (κ3) is 2.31. The van der Waals surface area contributed by atoms with E-state index in [4.69, 9.17) is 5.26 Å². The maximum atomic E-state index is 12.5. The van der Waals surface area contributed by atoms with Crippen molar-refractivity contribution in [2.75, 3.05) is 11.9 Å². The summed E-state index contributed by atoms with van der Waals surface area (Å²) >= 11 is 0. The molecular formula is C10H7F3N2O. The van der Waals surface area contributed by atoms with E-state index in [1.54, 1.807) is 0 Å². The highest BCUT2D eigenvalue weighted by Crippen LogP contribution is 2.33. The van der Waals surface area contributed by atoms with E-state index in [9.17, 15) is 18.0 Å². The van der Waals surface area contributed by atoms with Gasteiger partial charge in [0.25, 0.3) is 0 Å². The van der Waals surface area contributed by atoms with E-state index in [2.05, 4.69) is 0 Å². The lowest BCUT2D eigenvalue weighted by Crippen LogP contribution is -2.16. The summed E-state index contributed by atoms with van der Waals surface area (Å²) in [6.45, 7) is 0. The molecule has 1 aromatic carbocycles. The van der Waals surface area contributed by atoms with E-state index in [0.29, 0.717) is 6.41 Å². The molecule has 6 heteroatoms. The molecule has 0 radical (unpaired) electrons. The second-order valence-electron chi connectivity index (χ2n) is 3.06. The number of carbonyl (C=O) groups is 1. The molecule has 0 aliphatic rings. The molecule has 0 bridgehead atoms. The second-order valence-corrected chi connectivity index (χ2v) is 3.06. The predicted molar refractivity (Wildman–Crippen MR) is 50.6 cm³/mol. The van der Waals surface area contributed by atoms with Crippen molar-refractivity contribution >= 4 is 12.1 Å². The molecular weight excluding hydrogens is 221 g/mol. The topological polar surface area (TPSA) is 44.1 Å². The smallest absolute Gasteiger partial charge is 0.318 e. The van der Waals surface area contributed by atoms with Crippen LogP contribution in [0.1, 0.15) is 11.1 Å². The summed E-state index contributed by atoms with van der Waals surface area (Å²) in [6.07, 6.45) is -4.22. The number of halogens is 3. The zero-order valence-corrected chi connectivity index (χ0v) is 8.25. The minimum Gasteiger partial charge on any atom is -0.318 e. The van der Waals surface area contributed by atoms with Crippen LogP contribution in [-0.4, -0.2) is 13.5 Å². The molecule has 0 heterocycles. The van der Waals surface area contributed by atoms with Crippen LogP contribution in [0.25, 0.3) is 0 Å². The fourth-order valence-corrected chi connectivity index (χ4v) is 1.14. The number of carbonyl (C=O) groups excluding carboxylic acids is 1. The Morgan fingerprint density at radius 3 is 2.50 bits per heavy atom. The van der Waals surface area contributed by atoms with Gasteiger partial charge in [0.2, 0.25) is 6.41 Å². The average molecular weight is 228 g/mol. The first-order valence-corrected chi connectivity index (χ1v) is 4.19. The van der Waals surface area contributed by atoms with Crippen LogP contribution >= 0.6 is 0 Å². The molecule has 0 fully saturated rings. The second kappa shape index (κ2) is 4.23. The van der Waals surface area contributed by atoms with Crippen LogP contribution in [0.15, 0.2) is 18.2 Å². The average Bonchev–Trinajstić information content (AvgIpc) is 2.26. The van der Waals surface area contributed by atoms with Crippen LogP contribution in [0.4, 0.5) is 18.9 Å². The van der Waals surface area contributed by atoms with Crippen molar-refractivity contribution in [1.82, 2.24) is 0 Å². The molecule has 1 aromatic rings. The van der Waals surface area contributed by atoms with E-state index < -0.39 is 17.3 Å². The molecule has 84 valence electrons. The van der Waals surface area contributed by atoms with Gasteiger partial charge in [-0.15, -0.1) is 0 Å². The molecule has 0 aliphatic heterocycles. The molecule has 0 unspecified atom stereocenters. The predicted octanol–water partition coefficient (Wildman–Crippen LogP) is 2.17. The van der Waals surface area contributed by atoms with Gasteiger partial charge in [-0.2, -0.15) is 18.4 Å². The molecule has 1 amide bonds. The van der Waals surface area contributed by atoms with Gasteiger partial charge in [-0.25, -0.2) is 0 Å². The Morgan fingerprint density at radius 2 is 2.06 bits per heavy atom. The molecule has 0 N–H and O–H groups in total. The molecule has 0 atom stereocenters. The van der Waals surface area contributed by atoms with Gasteiger partial charge in [0.15, 0.2) is 0 Å². The number of amides is 1.